The third-order valence-corrected chi connectivity index (χ3v) is 14.7. The molecule has 1 unspecified atom stereocenters. The van der Waals surface area contributed by atoms with Gasteiger partial charge in [-0.1, -0.05) is 35.9 Å². The van der Waals surface area contributed by atoms with E-state index in [0.717, 1.165) is 50.9 Å². The lowest BCUT2D eigenvalue weighted by Gasteiger charge is -2.46. The predicted octanol–water partition coefficient (Wildman–Crippen LogP) is 4.82. The molecule has 3 aliphatic heterocycles. The molecule has 5 atom stereocenters. The van der Waals surface area contributed by atoms with Crippen LogP contribution >= 0.6 is 0 Å². The van der Waals surface area contributed by atoms with Gasteiger partial charge in [-0.25, -0.2) is 17.4 Å². The smallest absolute Gasteiger partial charge is 0.329 e. The minimum absolute atomic E-state index is 0.00678. The molecule has 3 heterocycles. The molecule has 13 heteroatoms. The number of ether oxygens (including phenoxy) is 2. The van der Waals surface area contributed by atoms with Gasteiger partial charge in [0.2, 0.25) is 0 Å². The second-order valence-electron chi connectivity index (χ2n) is 14.7. The molecule has 0 radical (unpaired) electrons. The molecule has 1 saturated heterocycles. The van der Waals surface area contributed by atoms with E-state index >= 15 is 0 Å². The topological polar surface area (TPSA) is 135 Å². The fourth-order valence-electron chi connectivity index (χ4n) is 8.39. The Morgan fingerprint density at radius 2 is 1.88 bits per heavy atom. The van der Waals surface area contributed by atoms with Crippen molar-refractivity contribution in [3.8, 4) is 5.75 Å². The summed E-state index contributed by atoms with van der Waals surface area (Å²) in [5.41, 5.74) is 4.83. The first-order valence-electron chi connectivity index (χ1n) is 17.8. The van der Waals surface area contributed by atoms with Crippen LogP contribution < -0.4 is 14.4 Å². The number of allylic oxidation sites excluding steroid dienone is 1. The summed E-state index contributed by atoms with van der Waals surface area (Å²) in [4.78, 5) is 30.8. The van der Waals surface area contributed by atoms with Crippen molar-refractivity contribution in [2.75, 3.05) is 62.1 Å². The van der Waals surface area contributed by atoms with Crippen molar-refractivity contribution in [2.45, 2.75) is 63.4 Å². The van der Waals surface area contributed by atoms with Crippen LogP contribution in [0.25, 0.3) is 0 Å². The van der Waals surface area contributed by atoms with Gasteiger partial charge in [0, 0.05) is 44.3 Å². The highest BCUT2D eigenvalue weighted by Crippen LogP contribution is 2.46. The van der Waals surface area contributed by atoms with E-state index in [0.29, 0.717) is 37.0 Å². The lowest BCUT2D eigenvalue weighted by Crippen LogP contribution is -2.50. The van der Waals surface area contributed by atoms with Crippen molar-refractivity contribution in [1.82, 2.24) is 9.62 Å². The Balaban J connectivity index is 1.26. The molecule has 3 amide bonds. The van der Waals surface area contributed by atoms with E-state index < -0.39 is 31.7 Å². The molecule has 2 aromatic carbocycles. The monoisotopic (exact) mass is 724 g/mol. The third-order valence-electron chi connectivity index (χ3n) is 11.3. The van der Waals surface area contributed by atoms with Gasteiger partial charge in [-0.15, -0.1) is 4.36 Å². The zero-order chi connectivity index (χ0) is 35.1. The molecule has 0 aromatic heterocycles. The van der Waals surface area contributed by atoms with Gasteiger partial charge in [0.1, 0.15) is 15.7 Å². The van der Waals surface area contributed by atoms with Gasteiger partial charge in [-0.2, -0.15) is 0 Å². The quantitative estimate of drug-likeness (QED) is 0.436. The zero-order valence-corrected chi connectivity index (χ0v) is 30.6. The molecule has 2 bridgehead atoms. The van der Waals surface area contributed by atoms with Gasteiger partial charge in [0.25, 0.3) is 5.91 Å². The van der Waals surface area contributed by atoms with E-state index in [1.807, 2.05) is 18.2 Å². The van der Waals surface area contributed by atoms with Crippen LogP contribution in [0.5, 0.6) is 5.75 Å². The van der Waals surface area contributed by atoms with Gasteiger partial charge < -0.3 is 19.3 Å². The maximum atomic E-state index is 14.3. The molecule has 2 fully saturated rings. The second-order valence-corrected chi connectivity index (χ2v) is 19.1. The second kappa shape index (κ2) is 14.0. The zero-order valence-electron chi connectivity index (χ0n) is 29.0. The molecule has 7 rings (SSSR count). The molecule has 1 N–H and O–H groups in total. The molecule has 5 aliphatic rings. The summed E-state index contributed by atoms with van der Waals surface area (Å²) in [5, 5.41) is 0. The highest BCUT2D eigenvalue weighted by atomic mass is 32.2. The Hall–Kier alpha value is -3.42. The van der Waals surface area contributed by atoms with Crippen LogP contribution in [0, 0.1) is 18.8 Å². The summed E-state index contributed by atoms with van der Waals surface area (Å²) in [5.74, 6) is 0.394. The lowest BCUT2D eigenvalue weighted by atomic mass is 9.68. The van der Waals surface area contributed by atoms with E-state index in [9.17, 15) is 22.2 Å². The molecule has 1 saturated carbocycles. The van der Waals surface area contributed by atoms with Gasteiger partial charge in [-0.3, -0.25) is 9.52 Å². The normalized spacial score (nSPS) is 31.6. The molecule has 1 spiro atoms. The summed E-state index contributed by atoms with van der Waals surface area (Å²) in [6.07, 6.45) is 10.3. The molecule has 50 heavy (non-hydrogen) atoms. The fourth-order valence-corrected chi connectivity index (χ4v) is 11.2. The Kier molecular flexibility index (Phi) is 9.77. The Morgan fingerprint density at radius 1 is 1.06 bits per heavy atom. The van der Waals surface area contributed by atoms with Crippen LogP contribution in [0.2, 0.25) is 0 Å². The lowest BCUT2D eigenvalue weighted by molar-refractivity contribution is 0.0132. The van der Waals surface area contributed by atoms with Crippen molar-refractivity contribution in [3.63, 3.8) is 0 Å². The Bertz CT molecular complexity index is 1910. The Morgan fingerprint density at radius 3 is 2.64 bits per heavy atom. The predicted molar refractivity (Wildman–Crippen MR) is 194 cm³/mol. The highest BCUT2D eigenvalue weighted by Gasteiger charge is 2.44. The fraction of sp³-hybridized carbons (Fsp3) is 0.568. The van der Waals surface area contributed by atoms with Crippen molar-refractivity contribution in [1.29, 1.82) is 0 Å². The Labute approximate surface area is 296 Å². The summed E-state index contributed by atoms with van der Waals surface area (Å²) < 4.78 is 57.5. The first kappa shape index (κ1) is 35.0. The van der Waals surface area contributed by atoms with Crippen LogP contribution in [-0.2, 0) is 36.3 Å². The van der Waals surface area contributed by atoms with Crippen LogP contribution in [-0.4, -0.2) is 92.7 Å². The van der Waals surface area contributed by atoms with Crippen LogP contribution in [0.4, 0.5) is 10.5 Å². The summed E-state index contributed by atoms with van der Waals surface area (Å²) in [6.45, 7) is 4.17. The molecule has 2 aromatic rings. The maximum Gasteiger partial charge on any atom is 0.329 e. The average molecular weight is 725 g/mol. The van der Waals surface area contributed by atoms with Gasteiger partial charge in [0.15, 0.2) is 9.84 Å². The first-order valence-corrected chi connectivity index (χ1v) is 21.3. The molecular formula is C37H48N4O7S2. The van der Waals surface area contributed by atoms with Gasteiger partial charge in [0.05, 0.1) is 35.7 Å². The number of rotatable bonds is 2. The van der Waals surface area contributed by atoms with Crippen LogP contribution in [0.15, 0.2) is 52.9 Å². The van der Waals surface area contributed by atoms with Crippen molar-refractivity contribution in [2.24, 2.45) is 16.2 Å². The number of nitrogens with one attached hydrogen (secondary N) is 1. The van der Waals surface area contributed by atoms with E-state index in [2.05, 4.69) is 45.2 Å². The number of nitrogens with zero attached hydrogens (tertiary/aromatic N) is 3. The largest absolute Gasteiger partial charge is 0.490 e. The van der Waals surface area contributed by atoms with Crippen molar-refractivity contribution >= 4 is 37.4 Å². The van der Waals surface area contributed by atoms with Crippen molar-refractivity contribution < 1.29 is 31.7 Å². The molecule has 2 aliphatic carbocycles. The van der Waals surface area contributed by atoms with Crippen LogP contribution in [0.1, 0.15) is 65.6 Å². The summed E-state index contributed by atoms with van der Waals surface area (Å²) in [6, 6.07) is 11.4. The van der Waals surface area contributed by atoms with E-state index in [1.54, 1.807) is 13.2 Å². The number of benzene rings is 2. The maximum absolute atomic E-state index is 14.3. The third kappa shape index (κ3) is 7.18. The number of hydrogen-bond acceptors (Lipinski definition) is 8. The summed E-state index contributed by atoms with van der Waals surface area (Å²) >= 11 is 0. The number of methoxy groups -OCH3 is 1. The number of urea groups is 1. The van der Waals surface area contributed by atoms with Gasteiger partial charge >= 0.3 is 6.03 Å². The number of anilines is 1. The standard InChI is InChI=1S/C37H48N4O7S2/c1-26-9-13-31-27(21-26)7-6-15-37(31)24-41-23-29-10-12-30(29)33(47-2)8-4-3-5-18-50(46,39-36(43)40-16-19-49(44,45)20-17-40)38-35(42)28-11-14-34(48-25-37)32(41)22-28/h4,8-9,11,13-14,21-22,29-30,33H,3,5-7,10,12,15-20,23-25H2,1-2H3,(H,38,39,42,43,46)/b8-4+/t29-,30+,33-,37-,50?/m0/s1. The summed E-state index contributed by atoms with van der Waals surface area (Å²) in [7, 11) is -5.02. The first-order chi connectivity index (χ1) is 24.0. The number of aryl methyl sites for hydroxylation is 2. The number of sulfone groups is 1. The van der Waals surface area contributed by atoms with E-state index in [4.69, 9.17) is 9.47 Å². The molecule has 270 valence electrons. The van der Waals surface area contributed by atoms with Crippen molar-refractivity contribution in [3.05, 3.63) is 70.8 Å². The van der Waals surface area contributed by atoms with E-state index in [1.165, 1.54) is 21.6 Å². The number of carbonyl (C=O) groups excluding carboxylic acids is 2. The van der Waals surface area contributed by atoms with Crippen LogP contribution in [0.3, 0.4) is 0 Å². The van der Waals surface area contributed by atoms with Gasteiger partial charge in [-0.05, 0) is 93.0 Å². The SMILES string of the molecule is CO[C@H]1/C=C/CCCS(=O)(NC(=O)N2CCS(=O)(=O)CC2)=NC(=O)c2ccc3c(c2)N(C[C@@H]2CC[C@H]21)C[C@@]1(CCCc2cc(C)ccc21)CO3. The molecular weight excluding hydrogens is 677 g/mol. The molecule has 11 nitrogen and oxygen atoms in total. The number of hydrogen-bond donors (Lipinski definition) is 1. The van der Waals surface area contributed by atoms with E-state index in [-0.39, 0.29) is 47.4 Å². The number of carbonyl (C=O) groups is 2. The number of fused-ring (bicyclic) bond motifs is 4. The number of amides is 3. The minimum Gasteiger partial charge on any atom is -0.490 e. The minimum atomic E-state index is -3.55. The average Bonchev–Trinajstić information content (AvgIpc) is 3.22. The highest BCUT2D eigenvalue weighted by molar-refractivity contribution is 7.92.